The lowest BCUT2D eigenvalue weighted by Crippen LogP contribution is -2.51. The van der Waals surface area contributed by atoms with Gasteiger partial charge in [0.2, 0.25) is 5.91 Å². The molecule has 1 aliphatic heterocycles. The Labute approximate surface area is 127 Å². The van der Waals surface area contributed by atoms with Crippen molar-refractivity contribution in [1.29, 1.82) is 0 Å². The van der Waals surface area contributed by atoms with Gasteiger partial charge in [-0.15, -0.1) is 0 Å². The number of amides is 1. The Balaban J connectivity index is 1.86. The van der Waals surface area contributed by atoms with Crippen molar-refractivity contribution >= 4 is 5.91 Å². The minimum Gasteiger partial charge on any atom is -0.339 e. The van der Waals surface area contributed by atoms with Crippen LogP contribution < -0.4 is 5.73 Å². The van der Waals surface area contributed by atoms with Gasteiger partial charge < -0.3 is 10.6 Å². The molecule has 1 atom stereocenters. The summed E-state index contributed by atoms with van der Waals surface area (Å²) in [6.07, 6.45) is 2.08. The van der Waals surface area contributed by atoms with Gasteiger partial charge in [-0.05, 0) is 32.3 Å². The first kappa shape index (κ1) is 16.0. The molecule has 1 unspecified atom stereocenters. The zero-order chi connectivity index (χ0) is 15.2. The predicted molar refractivity (Wildman–Crippen MR) is 85.8 cm³/mol. The number of likely N-dealkylation sites (tertiary alicyclic amines) is 1. The highest BCUT2D eigenvalue weighted by molar-refractivity contribution is 5.81. The first-order chi connectivity index (χ1) is 10.1. The molecule has 0 aromatic heterocycles. The second-order valence-corrected chi connectivity index (χ2v) is 5.91. The van der Waals surface area contributed by atoms with Crippen molar-refractivity contribution in [2.75, 3.05) is 19.6 Å². The largest absolute Gasteiger partial charge is 0.339 e. The Hall–Kier alpha value is -1.39. The first-order valence-electron chi connectivity index (χ1n) is 7.94. The summed E-state index contributed by atoms with van der Waals surface area (Å²) in [6, 6.07) is 10.5. The van der Waals surface area contributed by atoms with Crippen molar-refractivity contribution in [1.82, 2.24) is 9.80 Å². The van der Waals surface area contributed by atoms with Crippen LogP contribution in [0.5, 0.6) is 0 Å². The highest BCUT2D eigenvalue weighted by atomic mass is 16.2. The summed E-state index contributed by atoms with van der Waals surface area (Å²) in [4.78, 5) is 16.6. The monoisotopic (exact) mass is 289 g/mol. The molecule has 116 valence electrons. The predicted octanol–water partition coefficient (Wildman–Crippen LogP) is 1.85. The number of likely N-dealkylation sites (N-methyl/N-ethyl adjacent to an activating group) is 1. The summed E-state index contributed by atoms with van der Waals surface area (Å²) in [5.41, 5.74) is 7.10. The van der Waals surface area contributed by atoms with Crippen molar-refractivity contribution in [2.45, 2.75) is 45.3 Å². The van der Waals surface area contributed by atoms with E-state index in [4.69, 9.17) is 5.73 Å². The van der Waals surface area contributed by atoms with Crippen LogP contribution in [0.2, 0.25) is 0 Å². The molecule has 0 saturated carbocycles. The molecule has 1 heterocycles. The summed E-state index contributed by atoms with van der Waals surface area (Å²) in [7, 11) is 0. The molecule has 1 fully saturated rings. The normalized spacial score (nSPS) is 18.4. The molecule has 4 heteroatoms. The number of rotatable bonds is 5. The molecule has 1 aromatic carbocycles. The van der Waals surface area contributed by atoms with Gasteiger partial charge in [-0.2, -0.15) is 0 Å². The van der Waals surface area contributed by atoms with E-state index in [1.165, 1.54) is 5.56 Å². The van der Waals surface area contributed by atoms with Gasteiger partial charge in [0.05, 0.1) is 6.04 Å². The van der Waals surface area contributed by atoms with Crippen LogP contribution in [0.3, 0.4) is 0 Å². The van der Waals surface area contributed by atoms with E-state index in [1.807, 2.05) is 11.8 Å². The Bertz CT molecular complexity index is 439. The minimum atomic E-state index is -0.396. The maximum atomic E-state index is 12.1. The molecule has 4 nitrogen and oxygen atoms in total. The fraction of sp³-hybridized carbons (Fsp3) is 0.588. The lowest BCUT2D eigenvalue weighted by molar-refractivity contribution is -0.135. The second kappa shape index (κ2) is 7.57. The average molecular weight is 289 g/mol. The second-order valence-electron chi connectivity index (χ2n) is 5.91. The highest BCUT2D eigenvalue weighted by Crippen LogP contribution is 2.19. The van der Waals surface area contributed by atoms with Crippen LogP contribution >= 0.6 is 0 Å². The van der Waals surface area contributed by atoms with Crippen molar-refractivity contribution in [3.05, 3.63) is 35.9 Å². The van der Waals surface area contributed by atoms with Gasteiger partial charge in [-0.3, -0.25) is 9.69 Å². The molecule has 0 bridgehead atoms. The fourth-order valence-electron chi connectivity index (χ4n) is 3.09. The third kappa shape index (κ3) is 4.29. The molecule has 2 rings (SSSR count). The molecule has 0 spiro atoms. The molecule has 2 N–H and O–H groups in total. The summed E-state index contributed by atoms with van der Waals surface area (Å²) in [6.45, 7) is 7.65. The van der Waals surface area contributed by atoms with Gasteiger partial charge in [0.25, 0.3) is 0 Å². The van der Waals surface area contributed by atoms with Crippen LogP contribution in [-0.2, 0) is 11.3 Å². The Kier molecular flexibility index (Phi) is 5.76. The number of benzene rings is 1. The van der Waals surface area contributed by atoms with Crippen LogP contribution in [-0.4, -0.2) is 47.4 Å². The molecule has 1 aliphatic rings. The van der Waals surface area contributed by atoms with Crippen LogP contribution in [0.4, 0.5) is 0 Å². The number of nitrogens with two attached hydrogens (primary N) is 1. The van der Waals surface area contributed by atoms with Gasteiger partial charge in [-0.25, -0.2) is 0 Å². The zero-order valence-electron chi connectivity index (χ0n) is 13.2. The van der Waals surface area contributed by atoms with E-state index in [1.54, 1.807) is 6.92 Å². The molecular formula is C17H27N3O. The number of hydrogen-bond acceptors (Lipinski definition) is 3. The molecule has 1 amide bonds. The average Bonchev–Trinajstić information content (AvgIpc) is 2.50. The van der Waals surface area contributed by atoms with Gasteiger partial charge >= 0.3 is 0 Å². The van der Waals surface area contributed by atoms with E-state index >= 15 is 0 Å². The van der Waals surface area contributed by atoms with E-state index in [0.29, 0.717) is 6.04 Å². The molecule has 0 radical (unpaired) electrons. The Morgan fingerprint density at radius 3 is 2.48 bits per heavy atom. The summed E-state index contributed by atoms with van der Waals surface area (Å²) in [5, 5.41) is 0. The SMILES string of the molecule is CCN(C(=O)C(C)N)C1CCN(Cc2ccccc2)CC1. The van der Waals surface area contributed by atoms with E-state index in [-0.39, 0.29) is 5.91 Å². The lowest BCUT2D eigenvalue weighted by atomic mass is 10.0. The third-order valence-electron chi connectivity index (χ3n) is 4.26. The van der Waals surface area contributed by atoms with Crippen LogP contribution in [0, 0.1) is 0 Å². The molecular weight excluding hydrogens is 262 g/mol. The van der Waals surface area contributed by atoms with Crippen molar-refractivity contribution in [2.24, 2.45) is 5.73 Å². The quantitative estimate of drug-likeness (QED) is 0.900. The highest BCUT2D eigenvalue weighted by Gasteiger charge is 2.28. The number of carbonyl (C=O) groups excluding carboxylic acids is 1. The van der Waals surface area contributed by atoms with Crippen LogP contribution in [0.1, 0.15) is 32.3 Å². The van der Waals surface area contributed by atoms with Gasteiger partial charge in [0, 0.05) is 32.2 Å². The van der Waals surface area contributed by atoms with Crippen molar-refractivity contribution in [3.8, 4) is 0 Å². The maximum absolute atomic E-state index is 12.1. The summed E-state index contributed by atoms with van der Waals surface area (Å²) >= 11 is 0. The first-order valence-corrected chi connectivity index (χ1v) is 7.94. The van der Waals surface area contributed by atoms with Gasteiger partial charge in [0.15, 0.2) is 0 Å². The van der Waals surface area contributed by atoms with Crippen molar-refractivity contribution < 1.29 is 4.79 Å². The minimum absolute atomic E-state index is 0.0824. The van der Waals surface area contributed by atoms with Gasteiger partial charge in [-0.1, -0.05) is 30.3 Å². The molecule has 1 saturated heterocycles. The van der Waals surface area contributed by atoms with E-state index < -0.39 is 6.04 Å². The topological polar surface area (TPSA) is 49.6 Å². The molecule has 0 aliphatic carbocycles. The number of carbonyl (C=O) groups is 1. The lowest BCUT2D eigenvalue weighted by Gasteiger charge is -2.38. The number of nitrogens with zero attached hydrogens (tertiary/aromatic N) is 2. The maximum Gasteiger partial charge on any atom is 0.239 e. The number of piperidine rings is 1. The number of hydrogen-bond donors (Lipinski definition) is 1. The van der Waals surface area contributed by atoms with E-state index in [0.717, 1.165) is 39.0 Å². The van der Waals surface area contributed by atoms with E-state index in [2.05, 4.69) is 35.2 Å². The smallest absolute Gasteiger partial charge is 0.239 e. The molecule has 21 heavy (non-hydrogen) atoms. The Morgan fingerprint density at radius 1 is 1.33 bits per heavy atom. The third-order valence-corrected chi connectivity index (χ3v) is 4.26. The Morgan fingerprint density at radius 2 is 1.95 bits per heavy atom. The van der Waals surface area contributed by atoms with Crippen LogP contribution in [0.25, 0.3) is 0 Å². The van der Waals surface area contributed by atoms with Crippen molar-refractivity contribution in [3.63, 3.8) is 0 Å². The standard InChI is InChI=1S/C17H27N3O/c1-3-20(17(21)14(2)18)16-9-11-19(12-10-16)13-15-7-5-4-6-8-15/h4-8,14,16H,3,9-13,18H2,1-2H3. The fourth-order valence-corrected chi connectivity index (χ4v) is 3.09. The van der Waals surface area contributed by atoms with Crippen LogP contribution in [0.15, 0.2) is 30.3 Å². The summed E-state index contributed by atoms with van der Waals surface area (Å²) < 4.78 is 0. The molecule has 1 aromatic rings. The zero-order valence-corrected chi connectivity index (χ0v) is 13.2. The van der Waals surface area contributed by atoms with E-state index in [9.17, 15) is 4.79 Å². The summed E-state index contributed by atoms with van der Waals surface area (Å²) in [5.74, 6) is 0.0824. The van der Waals surface area contributed by atoms with Gasteiger partial charge in [0.1, 0.15) is 0 Å².